The standard InChI is InChI=1S/C19H25N5O3/c1-4-24-16-15(18(26)23-19(24)27)13(9-14(22-16)11(2)3)17(25)21-10-12-5-7-20-8-6-12/h5,9,11,20H,4,6-8,10H2,1-3H3,(H,21,25)(H,23,26,27). The number of nitrogens with one attached hydrogen (secondary N) is 3. The van der Waals surface area contributed by atoms with Gasteiger partial charge in [0.25, 0.3) is 11.5 Å². The van der Waals surface area contributed by atoms with E-state index < -0.39 is 11.2 Å². The fourth-order valence-corrected chi connectivity index (χ4v) is 3.18. The molecule has 3 N–H and O–H groups in total. The number of amides is 1. The first-order valence-corrected chi connectivity index (χ1v) is 9.27. The molecule has 8 nitrogen and oxygen atoms in total. The Bertz CT molecular complexity index is 1020. The number of rotatable bonds is 5. The Kier molecular flexibility index (Phi) is 5.55. The molecule has 0 aliphatic carbocycles. The maximum absolute atomic E-state index is 12.9. The minimum Gasteiger partial charge on any atom is -0.348 e. The highest BCUT2D eigenvalue weighted by Gasteiger charge is 2.20. The Balaban J connectivity index is 2.10. The summed E-state index contributed by atoms with van der Waals surface area (Å²) in [5.74, 6) is -0.289. The maximum atomic E-state index is 12.9. The van der Waals surface area contributed by atoms with Crippen LogP contribution in [-0.4, -0.2) is 40.1 Å². The van der Waals surface area contributed by atoms with Crippen LogP contribution < -0.4 is 21.9 Å². The number of hydrogen-bond donors (Lipinski definition) is 3. The molecule has 8 heteroatoms. The van der Waals surface area contributed by atoms with E-state index in [1.807, 2.05) is 13.8 Å². The van der Waals surface area contributed by atoms with E-state index in [2.05, 4.69) is 26.7 Å². The zero-order valence-electron chi connectivity index (χ0n) is 15.9. The fourth-order valence-electron chi connectivity index (χ4n) is 3.18. The predicted octanol–water partition coefficient (Wildman–Crippen LogP) is 0.878. The number of H-pyrrole nitrogens is 1. The van der Waals surface area contributed by atoms with E-state index in [9.17, 15) is 14.4 Å². The first-order chi connectivity index (χ1) is 12.9. The molecule has 1 aliphatic heterocycles. The summed E-state index contributed by atoms with van der Waals surface area (Å²) in [7, 11) is 0. The summed E-state index contributed by atoms with van der Waals surface area (Å²) in [5.41, 5.74) is 1.22. The monoisotopic (exact) mass is 371 g/mol. The third kappa shape index (κ3) is 3.85. The lowest BCUT2D eigenvalue weighted by Crippen LogP contribution is -2.34. The molecule has 1 aliphatic rings. The molecule has 0 fully saturated rings. The molecular formula is C19H25N5O3. The number of fused-ring (bicyclic) bond motifs is 1. The Morgan fingerprint density at radius 2 is 2.15 bits per heavy atom. The summed E-state index contributed by atoms with van der Waals surface area (Å²) >= 11 is 0. The molecule has 3 rings (SSSR count). The van der Waals surface area contributed by atoms with E-state index in [1.54, 1.807) is 13.0 Å². The Morgan fingerprint density at radius 3 is 2.78 bits per heavy atom. The lowest BCUT2D eigenvalue weighted by Gasteiger charge is -2.16. The second-order valence-electron chi connectivity index (χ2n) is 6.95. The van der Waals surface area contributed by atoms with Crippen molar-refractivity contribution in [3.63, 3.8) is 0 Å². The summed E-state index contributed by atoms with van der Waals surface area (Å²) in [6, 6.07) is 1.65. The van der Waals surface area contributed by atoms with Crippen LogP contribution in [0.1, 0.15) is 49.2 Å². The fraction of sp³-hybridized carbons (Fsp3) is 0.474. The van der Waals surface area contributed by atoms with Gasteiger partial charge in [-0.15, -0.1) is 0 Å². The lowest BCUT2D eigenvalue weighted by atomic mass is 10.0. The van der Waals surface area contributed by atoms with Crippen LogP contribution in [0.4, 0.5) is 0 Å². The molecule has 3 heterocycles. The van der Waals surface area contributed by atoms with Crippen molar-refractivity contribution in [2.75, 3.05) is 19.6 Å². The molecule has 0 unspecified atom stereocenters. The van der Waals surface area contributed by atoms with Crippen molar-refractivity contribution >= 4 is 16.9 Å². The van der Waals surface area contributed by atoms with E-state index in [1.165, 1.54) is 4.57 Å². The number of pyridine rings is 1. The molecule has 0 bridgehead atoms. The van der Waals surface area contributed by atoms with E-state index in [0.29, 0.717) is 18.8 Å². The van der Waals surface area contributed by atoms with E-state index in [4.69, 9.17) is 0 Å². The second kappa shape index (κ2) is 7.87. The molecule has 0 atom stereocenters. The number of aromatic amines is 1. The molecule has 144 valence electrons. The minimum atomic E-state index is -0.589. The van der Waals surface area contributed by atoms with Gasteiger partial charge in [0.2, 0.25) is 0 Å². The van der Waals surface area contributed by atoms with Crippen LogP contribution in [0, 0.1) is 0 Å². The zero-order chi connectivity index (χ0) is 19.6. The maximum Gasteiger partial charge on any atom is 0.329 e. The van der Waals surface area contributed by atoms with Gasteiger partial charge in [-0.1, -0.05) is 25.5 Å². The van der Waals surface area contributed by atoms with Crippen molar-refractivity contribution in [3.8, 4) is 0 Å². The van der Waals surface area contributed by atoms with Crippen LogP contribution in [0.5, 0.6) is 0 Å². The van der Waals surface area contributed by atoms with Crippen LogP contribution >= 0.6 is 0 Å². The number of hydrogen-bond acceptors (Lipinski definition) is 5. The second-order valence-corrected chi connectivity index (χ2v) is 6.95. The topological polar surface area (TPSA) is 109 Å². The number of aromatic nitrogens is 3. The van der Waals surface area contributed by atoms with Gasteiger partial charge in [-0.2, -0.15) is 0 Å². The molecule has 1 amide bonds. The van der Waals surface area contributed by atoms with Crippen molar-refractivity contribution in [2.45, 2.75) is 39.7 Å². The van der Waals surface area contributed by atoms with Crippen molar-refractivity contribution < 1.29 is 4.79 Å². The van der Waals surface area contributed by atoms with Crippen molar-refractivity contribution in [1.82, 2.24) is 25.2 Å². The van der Waals surface area contributed by atoms with Crippen molar-refractivity contribution in [1.29, 1.82) is 0 Å². The number of aryl methyl sites for hydroxylation is 1. The molecule has 2 aromatic heterocycles. The number of carbonyl (C=O) groups excluding carboxylic acids is 1. The normalized spacial score (nSPS) is 14.4. The van der Waals surface area contributed by atoms with Gasteiger partial charge in [-0.05, 0) is 31.9 Å². The predicted molar refractivity (Wildman–Crippen MR) is 104 cm³/mol. The molecule has 0 aromatic carbocycles. The van der Waals surface area contributed by atoms with Gasteiger partial charge in [0.05, 0.1) is 10.9 Å². The minimum absolute atomic E-state index is 0.0489. The third-order valence-corrected chi connectivity index (χ3v) is 4.75. The van der Waals surface area contributed by atoms with E-state index in [0.717, 1.165) is 25.1 Å². The highest BCUT2D eigenvalue weighted by Crippen LogP contribution is 2.19. The molecule has 0 saturated heterocycles. The highest BCUT2D eigenvalue weighted by atomic mass is 16.2. The van der Waals surface area contributed by atoms with Gasteiger partial charge in [0.15, 0.2) is 5.65 Å². The van der Waals surface area contributed by atoms with E-state index in [-0.39, 0.29) is 28.4 Å². The molecule has 0 spiro atoms. The Morgan fingerprint density at radius 1 is 1.37 bits per heavy atom. The van der Waals surface area contributed by atoms with Gasteiger partial charge in [-0.3, -0.25) is 19.1 Å². The largest absolute Gasteiger partial charge is 0.348 e. The Labute approximate surface area is 156 Å². The quantitative estimate of drug-likeness (QED) is 0.676. The van der Waals surface area contributed by atoms with Crippen molar-refractivity contribution in [2.24, 2.45) is 0 Å². The van der Waals surface area contributed by atoms with E-state index >= 15 is 0 Å². The summed E-state index contributed by atoms with van der Waals surface area (Å²) < 4.78 is 1.38. The summed E-state index contributed by atoms with van der Waals surface area (Å²) in [5, 5.41) is 6.28. The average molecular weight is 371 g/mol. The lowest BCUT2D eigenvalue weighted by molar-refractivity contribution is 0.0958. The van der Waals surface area contributed by atoms with Crippen LogP contribution in [0.15, 0.2) is 27.3 Å². The summed E-state index contributed by atoms with van der Waals surface area (Å²) in [6.07, 6.45) is 2.94. The smallest absolute Gasteiger partial charge is 0.329 e. The first-order valence-electron chi connectivity index (χ1n) is 9.27. The summed E-state index contributed by atoms with van der Waals surface area (Å²) in [4.78, 5) is 44.3. The molecular weight excluding hydrogens is 346 g/mol. The van der Waals surface area contributed by atoms with Gasteiger partial charge in [0.1, 0.15) is 0 Å². The molecule has 2 aromatic rings. The van der Waals surface area contributed by atoms with Gasteiger partial charge in [0, 0.05) is 25.3 Å². The van der Waals surface area contributed by atoms with Crippen LogP contribution in [0.25, 0.3) is 11.0 Å². The van der Waals surface area contributed by atoms with Gasteiger partial charge in [-0.25, -0.2) is 9.78 Å². The molecule has 27 heavy (non-hydrogen) atoms. The number of nitrogens with zero attached hydrogens (tertiary/aromatic N) is 2. The SMILES string of the molecule is CCn1c(=O)[nH]c(=O)c2c(C(=O)NCC3=CCNCC3)cc(C(C)C)nc21. The average Bonchev–Trinajstić information content (AvgIpc) is 2.66. The highest BCUT2D eigenvalue weighted by molar-refractivity contribution is 6.05. The van der Waals surface area contributed by atoms with Crippen LogP contribution in [0.2, 0.25) is 0 Å². The van der Waals surface area contributed by atoms with Crippen LogP contribution in [0.3, 0.4) is 0 Å². The molecule has 0 saturated carbocycles. The Hall–Kier alpha value is -2.74. The van der Waals surface area contributed by atoms with Gasteiger partial charge >= 0.3 is 5.69 Å². The van der Waals surface area contributed by atoms with Gasteiger partial charge < -0.3 is 10.6 Å². The third-order valence-electron chi connectivity index (χ3n) is 4.75. The number of carbonyl (C=O) groups is 1. The van der Waals surface area contributed by atoms with Crippen LogP contribution in [-0.2, 0) is 6.54 Å². The summed E-state index contributed by atoms with van der Waals surface area (Å²) in [6.45, 7) is 8.18. The molecule has 0 radical (unpaired) electrons. The first kappa shape index (κ1) is 19.0. The zero-order valence-corrected chi connectivity index (χ0v) is 15.9. The van der Waals surface area contributed by atoms with Crippen molar-refractivity contribution in [3.05, 3.63) is 49.8 Å².